The second-order valence-corrected chi connectivity index (χ2v) is 9.39. The second kappa shape index (κ2) is 11.5. The first kappa shape index (κ1) is 24.9. The molecule has 0 spiro atoms. The van der Waals surface area contributed by atoms with Gasteiger partial charge in [-0.15, -0.1) is 0 Å². The van der Waals surface area contributed by atoms with Gasteiger partial charge in [0.2, 0.25) is 5.91 Å². The number of carbonyl (C=O) groups is 1. The molecule has 1 N–H and O–H groups in total. The van der Waals surface area contributed by atoms with E-state index in [9.17, 15) is 9.18 Å². The number of nitrogens with one attached hydrogen (secondary N) is 1. The van der Waals surface area contributed by atoms with Crippen LogP contribution in [-0.2, 0) is 22.7 Å². The zero-order valence-electron chi connectivity index (χ0n) is 20.1. The number of amidine groups is 1. The average Bonchev–Trinajstić information content (AvgIpc) is 3.39. The van der Waals surface area contributed by atoms with Crippen molar-refractivity contribution in [3.8, 4) is 17.2 Å². The van der Waals surface area contributed by atoms with Crippen molar-refractivity contribution < 1.29 is 28.1 Å². The van der Waals surface area contributed by atoms with Gasteiger partial charge in [-0.05, 0) is 53.6 Å². The van der Waals surface area contributed by atoms with E-state index in [0.29, 0.717) is 34.4 Å². The van der Waals surface area contributed by atoms with Gasteiger partial charge in [0.1, 0.15) is 29.7 Å². The third-order valence-electron chi connectivity index (χ3n) is 5.84. The molecule has 7 nitrogen and oxygen atoms in total. The molecule has 2 heterocycles. The fourth-order valence-electron chi connectivity index (χ4n) is 3.96. The molecular weight excluding hydrogens is 495 g/mol. The molecular formula is C28H25FN2O5S. The van der Waals surface area contributed by atoms with Crippen LogP contribution in [0.3, 0.4) is 0 Å². The lowest BCUT2D eigenvalue weighted by Gasteiger charge is -2.21. The fourth-order valence-corrected chi connectivity index (χ4v) is 4.92. The topological polar surface area (TPSA) is 78.4 Å². The van der Waals surface area contributed by atoms with Gasteiger partial charge in [0, 0.05) is 23.0 Å². The molecule has 190 valence electrons. The maximum absolute atomic E-state index is 13.9. The number of methoxy groups -OCH3 is 1. The Morgan fingerprint density at radius 2 is 1.95 bits per heavy atom. The normalized spacial score (nSPS) is 16.6. The minimum absolute atomic E-state index is 0.000469. The van der Waals surface area contributed by atoms with E-state index in [0.717, 1.165) is 22.6 Å². The molecule has 0 saturated heterocycles. The summed E-state index contributed by atoms with van der Waals surface area (Å²) in [5, 5.41) is 3.44. The lowest BCUT2D eigenvalue weighted by Crippen LogP contribution is -2.25. The Balaban J connectivity index is 1.13. The number of ether oxygens (including phenoxy) is 4. The van der Waals surface area contributed by atoms with E-state index in [1.807, 2.05) is 36.4 Å². The van der Waals surface area contributed by atoms with Crippen molar-refractivity contribution in [3.05, 3.63) is 94.8 Å². The molecule has 1 unspecified atom stereocenters. The highest BCUT2D eigenvalue weighted by molar-refractivity contribution is 8.14. The minimum atomic E-state index is -0.358. The Labute approximate surface area is 218 Å². The van der Waals surface area contributed by atoms with Crippen LogP contribution < -0.4 is 19.5 Å². The molecule has 3 aromatic carbocycles. The molecule has 2 aliphatic heterocycles. The molecule has 9 heteroatoms. The molecule has 0 bridgehead atoms. The summed E-state index contributed by atoms with van der Waals surface area (Å²) in [6, 6.07) is 17.9. The largest absolute Gasteiger partial charge is 0.497 e. The summed E-state index contributed by atoms with van der Waals surface area (Å²) >= 11 is 1.52. The highest BCUT2D eigenvalue weighted by Gasteiger charge is 2.21. The first-order chi connectivity index (χ1) is 18.1. The number of halogens is 1. The van der Waals surface area contributed by atoms with Gasteiger partial charge in [-0.25, -0.2) is 4.39 Å². The molecule has 0 aliphatic carbocycles. The van der Waals surface area contributed by atoms with Gasteiger partial charge in [-0.2, -0.15) is 0 Å². The van der Waals surface area contributed by atoms with E-state index < -0.39 is 0 Å². The van der Waals surface area contributed by atoms with Crippen LogP contribution in [0, 0.1) is 5.82 Å². The Morgan fingerprint density at radius 3 is 2.73 bits per heavy atom. The summed E-state index contributed by atoms with van der Waals surface area (Å²) in [6.07, 6.45) is 3.19. The van der Waals surface area contributed by atoms with Crippen LogP contribution in [0.2, 0.25) is 0 Å². The number of hydrogen-bond donors (Lipinski definition) is 1. The molecule has 0 fully saturated rings. The van der Waals surface area contributed by atoms with Gasteiger partial charge in [-0.1, -0.05) is 36.0 Å². The van der Waals surface area contributed by atoms with Gasteiger partial charge in [-0.3, -0.25) is 9.79 Å². The average molecular weight is 521 g/mol. The Morgan fingerprint density at radius 1 is 1.16 bits per heavy atom. The Hall–Kier alpha value is -3.82. The lowest BCUT2D eigenvalue weighted by molar-refractivity contribution is -0.115. The predicted octanol–water partition coefficient (Wildman–Crippen LogP) is 5.25. The Kier molecular flexibility index (Phi) is 7.72. The molecule has 0 radical (unpaired) electrons. The maximum Gasteiger partial charge on any atom is 0.249 e. The van der Waals surface area contributed by atoms with Gasteiger partial charge < -0.3 is 24.3 Å². The summed E-state index contributed by atoms with van der Waals surface area (Å²) in [6.45, 7) is 0.606. The first-order valence-corrected chi connectivity index (χ1v) is 12.6. The highest BCUT2D eigenvalue weighted by atomic mass is 32.2. The number of hydrogen-bond acceptors (Lipinski definition) is 7. The minimum Gasteiger partial charge on any atom is -0.497 e. The molecule has 1 atom stereocenters. The SMILES string of the molecule is COc1ccc(C2CSC(NC(=O)/C=C/c3ccc(OCc4cc(F)cc5c4OCOC5)cc3)=N2)cc1. The van der Waals surface area contributed by atoms with Crippen LogP contribution in [0.4, 0.5) is 4.39 Å². The quantitative estimate of drug-likeness (QED) is 0.429. The number of amides is 1. The summed E-state index contributed by atoms with van der Waals surface area (Å²) in [4.78, 5) is 17.0. The van der Waals surface area contributed by atoms with Gasteiger partial charge in [0.05, 0.1) is 19.8 Å². The van der Waals surface area contributed by atoms with E-state index in [1.165, 1.54) is 30.0 Å². The highest BCUT2D eigenvalue weighted by Crippen LogP contribution is 2.31. The molecule has 2 aliphatic rings. The number of carbonyl (C=O) groups excluding carboxylic acids is 1. The van der Waals surface area contributed by atoms with Crippen LogP contribution in [0.25, 0.3) is 6.08 Å². The van der Waals surface area contributed by atoms with E-state index in [4.69, 9.17) is 18.9 Å². The summed E-state index contributed by atoms with van der Waals surface area (Å²) in [5.41, 5.74) is 3.21. The van der Waals surface area contributed by atoms with E-state index in [-0.39, 0.29) is 31.2 Å². The van der Waals surface area contributed by atoms with E-state index in [1.54, 1.807) is 25.3 Å². The van der Waals surface area contributed by atoms with Crippen molar-refractivity contribution in [2.45, 2.75) is 19.3 Å². The number of aliphatic imine (C=N–C) groups is 1. The summed E-state index contributed by atoms with van der Waals surface area (Å²) in [7, 11) is 1.63. The van der Waals surface area contributed by atoms with Crippen molar-refractivity contribution in [1.29, 1.82) is 0 Å². The molecule has 0 saturated carbocycles. The predicted molar refractivity (Wildman–Crippen MR) is 140 cm³/mol. The lowest BCUT2D eigenvalue weighted by atomic mass is 10.1. The smallest absolute Gasteiger partial charge is 0.249 e. The van der Waals surface area contributed by atoms with Crippen LogP contribution >= 0.6 is 11.8 Å². The van der Waals surface area contributed by atoms with Crippen molar-refractivity contribution in [1.82, 2.24) is 5.32 Å². The number of thioether (sulfide) groups is 1. The molecule has 3 aromatic rings. The fraction of sp³-hybridized carbons (Fsp3) is 0.214. The van der Waals surface area contributed by atoms with Crippen LogP contribution in [0.5, 0.6) is 17.2 Å². The number of nitrogens with zero attached hydrogens (tertiary/aromatic N) is 1. The van der Waals surface area contributed by atoms with Crippen molar-refractivity contribution in [2.24, 2.45) is 4.99 Å². The van der Waals surface area contributed by atoms with Crippen molar-refractivity contribution in [2.75, 3.05) is 19.7 Å². The number of fused-ring (bicyclic) bond motifs is 1. The van der Waals surface area contributed by atoms with E-state index >= 15 is 0 Å². The molecule has 37 heavy (non-hydrogen) atoms. The van der Waals surface area contributed by atoms with Crippen LogP contribution in [-0.4, -0.2) is 30.7 Å². The van der Waals surface area contributed by atoms with Gasteiger partial charge in [0.15, 0.2) is 12.0 Å². The van der Waals surface area contributed by atoms with Crippen molar-refractivity contribution in [3.63, 3.8) is 0 Å². The van der Waals surface area contributed by atoms with Crippen molar-refractivity contribution >= 4 is 28.9 Å². The summed E-state index contributed by atoms with van der Waals surface area (Å²) < 4.78 is 35.7. The second-order valence-electron chi connectivity index (χ2n) is 8.38. The zero-order chi connectivity index (χ0) is 25.6. The third kappa shape index (κ3) is 6.31. The molecule has 1 amide bonds. The Bertz CT molecular complexity index is 1330. The summed E-state index contributed by atoms with van der Waals surface area (Å²) in [5.74, 6) is 2.19. The first-order valence-electron chi connectivity index (χ1n) is 11.7. The number of benzene rings is 3. The number of rotatable bonds is 7. The zero-order valence-corrected chi connectivity index (χ0v) is 20.9. The van der Waals surface area contributed by atoms with Gasteiger partial charge in [0.25, 0.3) is 0 Å². The molecule has 0 aromatic heterocycles. The maximum atomic E-state index is 13.9. The van der Waals surface area contributed by atoms with E-state index in [2.05, 4.69) is 10.3 Å². The van der Waals surface area contributed by atoms with Crippen LogP contribution in [0.1, 0.15) is 28.3 Å². The monoisotopic (exact) mass is 520 g/mol. The standard InChI is InChI=1S/C28H25FN2O5S/c1-33-23-9-5-19(6-10-23)25-16-37-28(30-25)31-26(32)11-4-18-2-7-24(8-3-18)35-15-21-13-22(29)12-20-14-34-17-36-27(20)21/h2-13,25H,14-17H2,1H3,(H,30,31,32)/b11-4+. The van der Waals surface area contributed by atoms with Gasteiger partial charge >= 0.3 is 0 Å². The molecule has 5 rings (SSSR count). The van der Waals surface area contributed by atoms with Crippen LogP contribution in [0.15, 0.2) is 71.7 Å². The third-order valence-corrected chi connectivity index (χ3v) is 6.80.